The molecule has 0 saturated carbocycles. The molecule has 0 radical (unpaired) electrons. The van der Waals surface area contributed by atoms with E-state index in [0.29, 0.717) is 0 Å². The van der Waals surface area contributed by atoms with Crippen molar-refractivity contribution in [2.75, 3.05) is 27.3 Å². The second-order valence-electron chi connectivity index (χ2n) is 5.64. The van der Waals surface area contributed by atoms with Gasteiger partial charge >= 0.3 is 5.97 Å². The number of methoxy groups -OCH3 is 1. The van der Waals surface area contributed by atoms with E-state index in [9.17, 15) is 18.0 Å². The van der Waals surface area contributed by atoms with Crippen LogP contribution in [0.25, 0.3) is 0 Å². The molecular weight excluding hydrogens is 336 g/mol. The number of sulfonamides is 1. The van der Waals surface area contributed by atoms with E-state index in [1.807, 2.05) is 0 Å². The van der Waals surface area contributed by atoms with Crippen LogP contribution >= 0.6 is 0 Å². The molecule has 0 unspecified atom stereocenters. The summed E-state index contributed by atoms with van der Waals surface area (Å²) in [7, 11) is -0.842. The molecule has 0 aliphatic rings. The van der Waals surface area contributed by atoms with Crippen LogP contribution in [0.5, 0.6) is 0 Å². The van der Waals surface area contributed by atoms with Crippen molar-refractivity contribution < 1.29 is 27.9 Å². The first-order valence-corrected chi connectivity index (χ1v) is 8.62. The summed E-state index contributed by atoms with van der Waals surface area (Å²) < 4.78 is 31.2. The predicted octanol–water partition coefficient (Wildman–Crippen LogP) is 0.547. The van der Waals surface area contributed by atoms with Crippen molar-refractivity contribution >= 4 is 21.9 Å². The molecule has 9 heteroatoms. The zero-order chi connectivity index (χ0) is 18.5. The van der Waals surface area contributed by atoms with Crippen LogP contribution in [0.1, 0.15) is 24.2 Å². The van der Waals surface area contributed by atoms with Crippen molar-refractivity contribution in [3.63, 3.8) is 0 Å². The molecule has 0 atom stereocenters. The van der Waals surface area contributed by atoms with Gasteiger partial charge in [0, 0.05) is 26.3 Å². The number of carbonyl (C=O) groups is 2. The number of hydrogen-bond donors (Lipinski definition) is 2. The number of carbonyl (C=O) groups excluding carboxylic acids is 1. The number of nitrogens with zero attached hydrogens (tertiary/aromatic N) is 1. The SMILES string of the molecule is COCCNS(=O)(=O)c1ccc(C(=O)N(C)C(C)(C)C(=O)O)cc1. The molecule has 0 saturated heterocycles. The standard InChI is InChI=1S/C15H22N2O6S/c1-15(2,14(19)20)17(3)13(18)11-5-7-12(8-6-11)24(21,22)16-9-10-23-4/h5-8,16H,9-10H2,1-4H3,(H,19,20). The summed E-state index contributed by atoms with van der Waals surface area (Å²) in [6, 6.07) is 5.29. The lowest BCUT2D eigenvalue weighted by molar-refractivity contribution is -0.147. The Balaban J connectivity index is 2.95. The Morgan fingerprint density at radius 3 is 2.25 bits per heavy atom. The van der Waals surface area contributed by atoms with Crippen molar-refractivity contribution in [2.45, 2.75) is 24.3 Å². The highest BCUT2D eigenvalue weighted by atomic mass is 32.2. The third-order valence-corrected chi connectivity index (χ3v) is 5.15. The van der Waals surface area contributed by atoms with Crippen molar-refractivity contribution in [3.8, 4) is 0 Å². The lowest BCUT2D eigenvalue weighted by Crippen LogP contribution is -2.50. The van der Waals surface area contributed by atoms with Crippen LogP contribution in [-0.4, -0.2) is 63.1 Å². The Labute approximate surface area is 141 Å². The van der Waals surface area contributed by atoms with E-state index < -0.39 is 27.4 Å². The molecule has 0 aliphatic carbocycles. The molecule has 0 aromatic heterocycles. The van der Waals surface area contributed by atoms with Gasteiger partial charge in [0.2, 0.25) is 10.0 Å². The maximum absolute atomic E-state index is 12.3. The van der Waals surface area contributed by atoms with Crippen LogP contribution in [0.15, 0.2) is 29.2 Å². The smallest absolute Gasteiger partial charge is 0.329 e. The van der Waals surface area contributed by atoms with Crippen LogP contribution in [0.3, 0.4) is 0 Å². The number of carboxylic acid groups (broad SMARTS) is 1. The number of benzene rings is 1. The summed E-state index contributed by atoms with van der Waals surface area (Å²) in [6.45, 7) is 3.19. The van der Waals surface area contributed by atoms with Crippen LogP contribution in [0.4, 0.5) is 0 Å². The Kier molecular flexibility index (Phi) is 6.47. The molecule has 0 bridgehead atoms. The summed E-state index contributed by atoms with van der Waals surface area (Å²) in [6.07, 6.45) is 0. The number of ether oxygens (including phenoxy) is 1. The molecule has 1 rings (SSSR count). The van der Waals surface area contributed by atoms with E-state index in [-0.39, 0.29) is 23.6 Å². The van der Waals surface area contributed by atoms with Crippen LogP contribution in [-0.2, 0) is 19.6 Å². The topological polar surface area (TPSA) is 113 Å². The second kappa shape index (κ2) is 7.73. The molecule has 0 fully saturated rings. The Bertz CT molecular complexity index is 697. The molecule has 1 aromatic rings. The van der Waals surface area contributed by atoms with Gasteiger partial charge in [-0.05, 0) is 38.1 Å². The Morgan fingerprint density at radius 1 is 1.25 bits per heavy atom. The molecule has 134 valence electrons. The van der Waals surface area contributed by atoms with Gasteiger partial charge in [0.15, 0.2) is 0 Å². The van der Waals surface area contributed by atoms with Crippen molar-refractivity contribution in [3.05, 3.63) is 29.8 Å². The number of hydrogen-bond acceptors (Lipinski definition) is 5. The first kappa shape index (κ1) is 20.1. The predicted molar refractivity (Wildman–Crippen MR) is 87.3 cm³/mol. The van der Waals surface area contributed by atoms with Gasteiger partial charge in [-0.3, -0.25) is 4.79 Å². The van der Waals surface area contributed by atoms with Gasteiger partial charge < -0.3 is 14.7 Å². The van der Waals surface area contributed by atoms with Crippen molar-refractivity contribution in [2.24, 2.45) is 0 Å². The van der Waals surface area contributed by atoms with Gasteiger partial charge in [-0.25, -0.2) is 17.9 Å². The quantitative estimate of drug-likeness (QED) is 0.656. The number of aliphatic carboxylic acids is 1. The van der Waals surface area contributed by atoms with Crippen molar-refractivity contribution in [1.29, 1.82) is 0 Å². The second-order valence-corrected chi connectivity index (χ2v) is 7.41. The van der Waals surface area contributed by atoms with Crippen molar-refractivity contribution in [1.82, 2.24) is 9.62 Å². The van der Waals surface area contributed by atoms with Gasteiger partial charge in [0.05, 0.1) is 11.5 Å². The summed E-state index contributed by atoms with van der Waals surface area (Å²) in [5.74, 6) is -1.65. The summed E-state index contributed by atoms with van der Waals surface area (Å²) in [5, 5.41) is 9.17. The summed E-state index contributed by atoms with van der Waals surface area (Å²) in [5.41, 5.74) is -1.19. The molecule has 1 amide bonds. The monoisotopic (exact) mass is 358 g/mol. The maximum Gasteiger partial charge on any atom is 0.329 e. The normalized spacial score (nSPS) is 12.0. The molecule has 1 aromatic carbocycles. The molecule has 24 heavy (non-hydrogen) atoms. The minimum absolute atomic E-state index is 0.00954. The van der Waals surface area contributed by atoms with Crippen LogP contribution < -0.4 is 4.72 Å². The first-order chi connectivity index (χ1) is 11.0. The fraction of sp³-hybridized carbons (Fsp3) is 0.467. The number of rotatable bonds is 8. The zero-order valence-electron chi connectivity index (χ0n) is 14.1. The maximum atomic E-state index is 12.3. The number of likely N-dealkylation sites (N-methyl/N-ethyl adjacent to an activating group) is 1. The molecule has 2 N–H and O–H groups in total. The highest BCUT2D eigenvalue weighted by Crippen LogP contribution is 2.18. The van der Waals surface area contributed by atoms with E-state index in [1.165, 1.54) is 52.3 Å². The number of nitrogens with one attached hydrogen (secondary N) is 1. The Hall–Kier alpha value is -1.97. The third-order valence-electron chi connectivity index (χ3n) is 3.68. The van der Waals surface area contributed by atoms with Gasteiger partial charge in [0.1, 0.15) is 5.54 Å². The minimum Gasteiger partial charge on any atom is -0.480 e. The van der Waals surface area contributed by atoms with Gasteiger partial charge in [-0.15, -0.1) is 0 Å². The number of carboxylic acids is 1. The highest BCUT2D eigenvalue weighted by molar-refractivity contribution is 7.89. The zero-order valence-corrected chi connectivity index (χ0v) is 14.9. The van der Waals surface area contributed by atoms with E-state index in [1.54, 1.807) is 0 Å². The first-order valence-electron chi connectivity index (χ1n) is 7.14. The van der Waals surface area contributed by atoms with E-state index >= 15 is 0 Å². The Morgan fingerprint density at radius 2 is 1.79 bits per heavy atom. The molecular formula is C15H22N2O6S. The van der Waals surface area contributed by atoms with E-state index in [4.69, 9.17) is 9.84 Å². The average Bonchev–Trinajstić information content (AvgIpc) is 2.53. The van der Waals surface area contributed by atoms with Crippen LogP contribution in [0, 0.1) is 0 Å². The fourth-order valence-electron chi connectivity index (χ4n) is 1.73. The molecule has 0 spiro atoms. The largest absolute Gasteiger partial charge is 0.480 e. The van der Waals surface area contributed by atoms with E-state index in [2.05, 4.69) is 4.72 Å². The summed E-state index contributed by atoms with van der Waals surface area (Å²) in [4.78, 5) is 24.7. The number of amides is 1. The highest BCUT2D eigenvalue weighted by Gasteiger charge is 2.35. The van der Waals surface area contributed by atoms with Gasteiger partial charge in [0.25, 0.3) is 5.91 Å². The van der Waals surface area contributed by atoms with Crippen LogP contribution in [0.2, 0.25) is 0 Å². The van der Waals surface area contributed by atoms with Gasteiger partial charge in [-0.1, -0.05) is 0 Å². The van der Waals surface area contributed by atoms with Gasteiger partial charge in [-0.2, -0.15) is 0 Å². The fourth-order valence-corrected chi connectivity index (χ4v) is 2.74. The molecule has 0 heterocycles. The summed E-state index contributed by atoms with van der Waals surface area (Å²) >= 11 is 0. The third kappa shape index (κ3) is 4.53. The minimum atomic E-state index is -3.69. The molecule has 8 nitrogen and oxygen atoms in total. The average molecular weight is 358 g/mol. The lowest BCUT2D eigenvalue weighted by atomic mass is 10.0. The lowest BCUT2D eigenvalue weighted by Gasteiger charge is -2.31. The van der Waals surface area contributed by atoms with E-state index in [0.717, 1.165) is 4.90 Å². The molecule has 0 aliphatic heterocycles.